The summed E-state index contributed by atoms with van der Waals surface area (Å²) in [5.74, 6) is -1.11. The molecule has 0 amide bonds. The van der Waals surface area contributed by atoms with Crippen LogP contribution < -0.4 is 5.73 Å². The Hall–Kier alpha value is -0.850. The fraction of sp³-hybridized carbons (Fsp3) is 0. The van der Waals surface area contributed by atoms with Gasteiger partial charge in [-0.15, -0.1) is 12.6 Å². The number of nitrogens with zero attached hydrogens (tertiary/aromatic N) is 1. The van der Waals surface area contributed by atoms with Crippen molar-refractivity contribution in [1.82, 2.24) is 4.98 Å². The number of pyridine rings is 1. The van der Waals surface area contributed by atoms with Crippen molar-refractivity contribution < 1.29 is 8.78 Å². The van der Waals surface area contributed by atoms with E-state index in [1.165, 1.54) is 0 Å². The fourth-order valence-electron chi connectivity index (χ4n) is 0.927. The number of hydrogen-bond donors (Lipinski definition) is 2. The lowest BCUT2D eigenvalue weighted by atomic mass is 10.3. The standard InChI is InChI=1S/C6H5F2N.C5H3BrClNS/c7-4-1-2-5(8)6(9)3-4;6-3-1-4(9)5(7)8-2-3/h1-3H,9H2;1-2,9H. The Morgan fingerprint density at radius 2 is 1.94 bits per heavy atom. The first-order valence-electron chi connectivity index (χ1n) is 4.60. The lowest BCUT2D eigenvalue weighted by molar-refractivity contribution is 0.604. The maximum Gasteiger partial charge on any atom is 0.146 e. The van der Waals surface area contributed by atoms with Crippen LogP contribution in [0.25, 0.3) is 0 Å². The third-order valence-electron chi connectivity index (χ3n) is 1.75. The lowest BCUT2D eigenvalue weighted by Gasteiger charge is -1.93. The van der Waals surface area contributed by atoms with Crippen LogP contribution >= 0.6 is 40.2 Å². The molecule has 2 aromatic rings. The molecule has 1 aromatic heterocycles. The maximum absolute atomic E-state index is 12.2. The molecule has 2 nitrogen and oxygen atoms in total. The Bertz CT molecular complexity index is 505. The highest BCUT2D eigenvalue weighted by Gasteiger charge is 1.96. The van der Waals surface area contributed by atoms with E-state index in [1.807, 2.05) is 0 Å². The van der Waals surface area contributed by atoms with Crippen molar-refractivity contribution in [3.05, 3.63) is 51.7 Å². The average molecular weight is 354 g/mol. The molecule has 0 aliphatic heterocycles. The summed E-state index contributed by atoms with van der Waals surface area (Å²) in [7, 11) is 0. The molecule has 1 aromatic carbocycles. The predicted molar refractivity (Wildman–Crippen MR) is 75.0 cm³/mol. The number of rotatable bonds is 0. The van der Waals surface area contributed by atoms with Gasteiger partial charge in [0, 0.05) is 15.6 Å². The van der Waals surface area contributed by atoms with E-state index in [0.29, 0.717) is 10.0 Å². The van der Waals surface area contributed by atoms with Crippen LogP contribution in [0.5, 0.6) is 0 Å². The topological polar surface area (TPSA) is 38.9 Å². The summed E-state index contributed by atoms with van der Waals surface area (Å²) in [6, 6.07) is 4.74. The van der Waals surface area contributed by atoms with Crippen molar-refractivity contribution in [2.75, 3.05) is 5.73 Å². The van der Waals surface area contributed by atoms with Crippen LogP contribution in [-0.2, 0) is 0 Å². The number of anilines is 1. The first-order chi connectivity index (χ1) is 8.40. The molecule has 0 unspecified atom stereocenters. The van der Waals surface area contributed by atoms with Crippen molar-refractivity contribution in [1.29, 1.82) is 0 Å². The van der Waals surface area contributed by atoms with Crippen molar-refractivity contribution >= 4 is 45.8 Å². The van der Waals surface area contributed by atoms with E-state index in [9.17, 15) is 8.78 Å². The normalized spacial score (nSPS) is 9.61. The van der Waals surface area contributed by atoms with Crippen LogP contribution in [0, 0.1) is 11.6 Å². The number of aromatic nitrogens is 1. The van der Waals surface area contributed by atoms with E-state index < -0.39 is 11.6 Å². The average Bonchev–Trinajstić information content (AvgIpc) is 2.30. The quantitative estimate of drug-likeness (QED) is 0.420. The number of halogens is 4. The summed E-state index contributed by atoms with van der Waals surface area (Å²) in [5.41, 5.74) is 4.85. The minimum atomic E-state index is -0.587. The zero-order valence-corrected chi connectivity index (χ0v) is 12.1. The molecule has 96 valence electrons. The van der Waals surface area contributed by atoms with Crippen LogP contribution in [0.15, 0.2) is 39.8 Å². The summed E-state index contributed by atoms with van der Waals surface area (Å²) in [6.07, 6.45) is 1.63. The second-order valence-electron chi connectivity index (χ2n) is 3.13. The third-order valence-corrected chi connectivity index (χ3v) is 2.95. The van der Waals surface area contributed by atoms with Crippen molar-refractivity contribution in [2.24, 2.45) is 0 Å². The summed E-state index contributed by atoms with van der Waals surface area (Å²) < 4.78 is 25.2. The number of nitrogen functional groups attached to an aromatic ring is 1. The molecule has 2 rings (SSSR count). The van der Waals surface area contributed by atoms with Crippen LogP contribution in [0.4, 0.5) is 14.5 Å². The van der Waals surface area contributed by atoms with Crippen molar-refractivity contribution in [3.63, 3.8) is 0 Å². The molecule has 0 aliphatic carbocycles. The molecule has 0 saturated heterocycles. The van der Waals surface area contributed by atoms with E-state index in [4.69, 9.17) is 17.3 Å². The van der Waals surface area contributed by atoms with E-state index in [2.05, 4.69) is 33.5 Å². The molecule has 0 atom stereocenters. The number of nitrogens with two attached hydrogens (primary N) is 1. The number of benzene rings is 1. The molecule has 7 heteroatoms. The van der Waals surface area contributed by atoms with Gasteiger partial charge in [-0.05, 0) is 40.2 Å². The van der Waals surface area contributed by atoms with E-state index >= 15 is 0 Å². The highest BCUT2D eigenvalue weighted by Crippen LogP contribution is 2.20. The van der Waals surface area contributed by atoms with Gasteiger partial charge in [-0.1, -0.05) is 11.6 Å². The van der Waals surface area contributed by atoms with Crippen LogP contribution in [0.1, 0.15) is 0 Å². The molecule has 18 heavy (non-hydrogen) atoms. The zero-order chi connectivity index (χ0) is 13.7. The molecule has 1 heterocycles. The van der Waals surface area contributed by atoms with Gasteiger partial charge < -0.3 is 5.73 Å². The van der Waals surface area contributed by atoms with Crippen LogP contribution in [0.2, 0.25) is 5.15 Å². The molecule has 0 radical (unpaired) electrons. The lowest BCUT2D eigenvalue weighted by Crippen LogP contribution is -1.89. The van der Waals surface area contributed by atoms with Crippen molar-refractivity contribution in [3.8, 4) is 0 Å². The zero-order valence-electron chi connectivity index (χ0n) is 8.87. The molecule has 0 spiro atoms. The SMILES string of the molecule is Nc1cc(F)ccc1F.Sc1cc(Br)cnc1Cl. The predicted octanol–water partition coefficient (Wildman–Crippen LogP) is 4.33. The molecule has 0 saturated carbocycles. The van der Waals surface area contributed by atoms with Crippen LogP contribution in [-0.4, -0.2) is 4.98 Å². The minimum absolute atomic E-state index is 0.157. The summed E-state index contributed by atoms with van der Waals surface area (Å²) >= 11 is 12.8. The van der Waals surface area contributed by atoms with E-state index in [0.717, 1.165) is 22.7 Å². The van der Waals surface area contributed by atoms with Crippen molar-refractivity contribution in [2.45, 2.75) is 4.90 Å². The minimum Gasteiger partial charge on any atom is -0.396 e. The molecular weight excluding hydrogens is 346 g/mol. The van der Waals surface area contributed by atoms with Gasteiger partial charge in [0.15, 0.2) is 0 Å². The van der Waals surface area contributed by atoms with Gasteiger partial charge in [0.2, 0.25) is 0 Å². The highest BCUT2D eigenvalue weighted by atomic mass is 79.9. The van der Waals surface area contributed by atoms with E-state index in [-0.39, 0.29) is 5.69 Å². The van der Waals surface area contributed by atoms with Gasteiger partial charge in [0.25, 0.3) is 0 Å². The van der Waals surface area contributed by atoms with Gasteiger partial charge >= 0.3 is 0 Å². The fourth-order valence-corrected chi connectivity index (χ4v) is 1.73. The molecule has 0 aliphatic rings. The van der Waals surface area contributed by atoms with Gasteiger partial charge in [0.1, 0.15) is 16.8 Å². The van der Waals surface area contributed by atoms with E-state index in [1.54, 1.807) is 12.3 Å². The highest BCUT2D eigenvalue weighted by molar-refractivity contribution is 9.10. The first-order valence-corrected chi connectivity index (χ1v) is 6.22. The molecule has 2 N–H and O–H groups in total. The number of hydrogen-bond acceptors (Lipinski definition) is 3. The smallest absolute Gasteiger partial charge is 0.146 e. The Balaban J connectivity index is 0.000000180. The molecule has 0 fully saturated rings. The summed E-state index contributed by atoms with van der Waals surface area (Å²) in [4.78, 5) is 4.51. The largest absolute Gasteiger partial charge is 0.396 e. The third kappa shape index (κ3) is 4.80. The Kier molecular flexibility index (Phi) is 5.84. The maximum atomic E-state index is 12.2. The number of thiol groups is 1. The summed E-state index contributed by atoms with van der Waals surface area (Å²) in [6.45, 7) is 0. The first kappa shape index (κ1) is 15.2. The monoisotopic (exact) mass is 352 g/mol. The molecule has 0 bridgehead atoms. The van der Waals surface area contributed by atoms with Gasteiger partial charge in [-0.25, -0.2) is 13.8 Å². The van der Waals surface area contributed by atoms with Gasteiger partial charge in [0.05, 0.1) is 5.69 Å². The Morgan fingerprint density at radius 3 is 2.39 bits per heavy atom. The van der Waals surface area contributed by atoms with Gasteiger partial charge in [-0.3, -0.25) is 0 Å². The Morgan fingerprint density at radius 1 is 1.28 bits per heavy atom. The second-order valence-corrected chi connectivity index (χ2v) is 4.88. The van der Waals surface area contributed by atoms with Gasteiger partial charge in [-0.2, -0.15) is 0 Å². The Labute approximate surface area is 122 Å². The second kappa shape index (κ2) is 6.92. The molecular formula is C11H8BrClF2N2S. The van der Waals surface area contributed by atoms with Crippen LogP contribution in [0.3, 0.4) is 0 Å². The summed E-state index contributed by atoms with van der Waals surface area (Å²) in [5, 5.41) is 0.432.